The molecule has 0 bridgehead atoms. The second-order valence-electron chi connectivity index (χ2n) is 4.69. The van der Waals surface area contributed by atoms with Gasteiger partial charge in [0.15, 0.2) is 11.6 Å². The molecule has 0 aliphatic carbocycles. The summed E-state index contributed by atoms with van der Waals surface area (Å²) < 4.78 is 0. The largest absolute Gasteiger partial charge is 0.393 e. The molecule has 0 fully saturated rings. The van der Waals surface area contributed by atoms with E-state index in [0.29, 0.717) is 23.1 Å². The zero-order chi connectivity index (χ0) is 15.4. The highest BCUT2D eigenvalue weighted by Gasteiger charge is 2.09. The minimum atomic E-state index is 0.419. The van der Waals surface area contributed by atoms with Gasteiger partial charge in [0.25, 0.3) is 0 Å². The molecule has 0 aliphatic rings. The first-order valence-electron chi connectivity index (χ1n) is 6.69. The van der Waals surface area contributed by atoms with E-state index in [1.54, 1.807) is 18.6 Å². The molecule has 110 valence electrons. The summed E-state index contributed by atoms with van der Waals surface area (Å²) in [5, 5.41) is 6.23. The summed E-state index contributed by atoms with van der Waals surface area (Å²) in [5.74, 6) is 1.71. The van der Waals surface area contributed by atoms with Gasteiger partial charge < -0.3 is 16.4 Å². The molecule has 0 radical (unpaired) electrons. The van der Waals surface area contributed by atoms with Crippen LogP contribution < -0.4 is 16.4 Å². The maximum atomic E-state index is 6.12. The zero-order valence-electron chi connectivity index (χ0n) is 12.0. The number of nitrogens with one attached hydrogen (secondary N) is 2. The monoisotopic (exact) mass is 293 g/mol. The molecule has 0 saturated carbocycles. The summed E-state index contributed by atoms with van der Waals surface area (Å²) in [6, 6.07) is 7.50. The lowest BCUT2D eigenvalue weighted by atomic mass is 10.3. The van der Waals surface area contributed by atoms with Crippen LogP contribution in [0.5, 0.6) is 0 Å². The Kier molecular flexibility index (Phi) is 3.78. The Morgan fingerprint density at radius 1 is 0.909 bits per heavy atom. The highest BCUT2D eigenvalue weighted by molar-refractivity contribution is 5.79. The fourth-order valence-corrected chi connectivity index (χ4v) is 1.89. The van der Waals surface area contributed by atoms with Crippen LogP contribution in [-0.4, -0.2) is 19.9 Å². The van der Waals surface area contributed by atoms with Crippen LogP contribution in [0.4, 0.5) is 28.8 Å². The van der Waals surface area contributed by atoms with Gasteiger partial charge in [0.05, 0.1) is 0 Å². The number of rotatable bonds is 4. The van der Waals surface area contributed by atoms with Crippen molar-refractivity contribution in [2.45, 2.75) is 6.92 Å². The van der Waals surface area contributed by atoms with E-state index in [0.717, 1.165) is 11.3 Å². The molecule has 22 heavy (non-hydrogen) atoms. The Labute approximate surface area is 127 Å². The molecule has 3 rings (SSSR count). The first-order valence-corrected chi connectivity index (χ1v) is 6.69. The fourth-order valence-electron chi connectivity index (χ4n) is 1.89. The van der Waals surface area contributed by atoms with Crippen LogP contribution in [0.3, 0.4) is 0 Å². The second-order valence-corrected chi connectivity index (χ2v) is 4.69. The molecule has 0 aromatic carbocycles. The molecular weight excluding hydrogens is 278 g/mol. The van der Waals surface area contributed by atoms with Gasteiger partial charge in [0.1, 0.15) is 17.8 Å². The highest BCUT2D eigenvalue weighted by Crippen LogP contribution is 2.27. The average molecular weight is 293 g/mol. The van der Waals surface area contributed by atoms with E-state index < -0.39 is 0 Å². The van der Waals surface area contributed by atoms with E-state index in [-0.39, 0.29) is 0 Å². The summed E-state index contributed by atoms with van der Waals surface area (Å²) in [6.45, 7) is 1.99. The lowest BCUT2D eigenvalue weighted by molar-refractivity contribution is 1.16. The third-order valence-corrected chi connectivity index (χ3v) is 2.99. The first-order chi connectivity index (χ1) is 10.7. The summed E-state index contributed by atoms with van der Waals surface area (Å²) in [7, 11) is 0. The van der Waals surface area contributed by atoms with Crippen LogP contribution in [0, 0.1) is 6.92 Å². The zero-order valence-corrected chi connectivity index (χ0v) is 12.0. The van der Waals surface area contributed by atoms with Gasteiger partial charge in [-0.1, -0.05) is 0 Å². The maximum absolute atomic E-state index is 6.12. The number of hydrogen-bond donors (Lipinski definition) is 3. The Morgan fingerprint density at radius 3 is 2.36 bits per heavy atom. The number of pyridine rings is 2. The summed E-state index contributed by atoms with van der Waals surface area (Å²) >= 11 is 0. The number of nitrogens with two attached hydrogens (primary N) is 1. The number of anilines is 5. The predicted octanol–water partition coefficient (Wildman–Crippen LogP) is 2.64. The van der Waals surface area contributed by atoms with Gasteiger partial charge in [-0.15, -0.1) is 0 Å². The van der Waals surface area contributed by atoms with E-state index >= 15 is 0 Å². The molecule has 7 heteroatoms. The van der Waals surface area contributed by atoms with Crippen LogP contribution in [0.15, 0.2) is 49.2 Å². The molecule has 3 aromatic rings. The Bertz CT molecular complexity index is 774. The maximum Gasteiger partial charge on any atom is 0.160 e. The van der Waals surface area contributed by atoms with E-state index in [4.69, 9.17) is 5.73 Å². The van der Waals surface area contributed by atoms with Crippen molar-refractivity contribution in [3.05, 3.63) is 54.7 Å². The van der Waals surface area contributed by atoms with Crippen molar-refractivity contribution >= 4 is 28.8 Å². The fraction of sp³-hybridized carbons (Fsp3) is 0.0667. The third kappa shape index (κ3) is 3.09. The predicted molar refractivity (Wildman–Crippen MR) is 86.2 cm³/mol. The van der Waals surface area contributed by atoms with Gasteiger partial charge >= 0.3 is 0 Å². The lowest BCUT2D eigenvalue weighted by Crippen LogP contribution is -2.05. The molecule has 0 spiro atoms. The number of aryl methyl sites for hydroxylation is 1. The van der Waals surface area contributed by atoms with Crippen molar-refractivity contribution in [1.29, 1.82) is 0 Å². The normalized spacial score (nSPS) is 10.2. The molecule has 0 atom stereocenters. The van der Waals surface area contributed by atoms with Crippen molar-refractivity contribution in [2.75, 3.05) is 16.4 Å². The first kappa shape index (κ1) is 13.7. The van der Waals surface area contributed by atoms with E-state index in [1.807, 2.05) is 31.2 Å². The molecule has 0 unspecified atom stereocenters. The average Bonchev–Trinajstić information content (AvgIpc) is 2.52. The summed E-state index contributed by atoms with van der Waals surface area (Å²) in [5.41, 5.74) is 8.49. The van der Waals surface area contributed by atoms with Gasteiger partial charge in [-0.3, -0.25) is 4.98 Å². The number of nitrogens with zero attached hydrogens (tertiary/aromatic N) is 4. The van der Waals surface area contributed by atoms with Crippen LogP contribution in [0.25, 0.3) is 0 Å². The van der Waals surface area contributed by atoms with Gasteiger partial charge in [0, 0.05) is 24.3 Å². The standard InChI is InChI=1S/C15H15N7/c1-10-2-7-18-12(8-10)22-15-13(16)14(19-9-20-15)21-11-3-5-17-6-4-11/h2-9H,16H2,1H3,(H2,17,18,19,20,21,22). The minimum Gasteiger partial charge on any atom is -0.393 e. The van der Waals surface area contributed by atoms with Crippen LogP contribution in [-0.2, 0) is 0 Å². The second kappa shape index (κ2) is 6.04. The number of hydrogen-bond acceptors (Lipinski definition) is 7. The van der Waals surface area contributed by atoms with Gasteiger partial charge in [-0.2, -0.15) is 0 Å². The minimum absolute atomic E-state index is 0.419. The number of nitrogen functional groups attached to an aromatic ring is 1. The van der Waals surface area contributed by atoms with Gasteiger partial charge in [-0.25, -0.2) is 15.0 Å². The summed E-state index contributed by atoms with van der Waals surface area (Å²) in [6.07, 6.45) is 6.55. The van der Waals surface area contributed by atoms with Crippen molar-refractivity contribution in [1.82, 2.24) is 19.9 Å². The van der Waals surface area contributed by atoms with Crippen molar-refractivity contribution < 1.29 is 0 Å². The van der Waals surface area contributed by atoms with Gasteiger partial charge in [0.2, 0.25) is 0 Å². The number of aromatic nitrogens is 4. The van der Waals surface area contributed by atoms with Crippen molar-refractivity contribution in [3.63, 3.8) is 0 Å². The van der Waals surface area contributed by atoms with Crippen molar-refractivity contribution in [3.8, 4) is 0 Å². The molecular formula is C15H15N7. The Balaban J connectivity index is 1.86. The topological polar surface area (TPSA) is 102 Å². The van der Waals surface area contributed by atoms with Gasteiger partial charge in [-0.05, 0) is 36.8 Å². The smallest absolute Gasteiger partial charge is 0.160 e. The molecule has 3 aromatic heterocycles. The molecule has 4 N–H and O–H groups in total. The third-order valence-electron chi connectivity index (χ3n) is 2.99. The molecule has 0 aliphatic heterocycles. The van der Waals surface area contributed by atoms with Crippen LogP contribution >= 0.6 is 0 Å². The quantitative estimate of drug-likeness (QED) is 0.679. The molecule has 0 amide bonds. The molecule has 7 nitrogen and oxygen atoms in total. The van der Waals surface area contributed by atoms with Crippen LogP contribution in [0.1, 0.15) is 5.56 Å². The summed E-state index contributed by atoms with van der Waals surface area (Å²) in [4.78, 5) is 16.5. The van der Waals surface area contributed by atoms with E-state index in [2.05, 4.69) is 30.6 Å². The lowest BCUT2D eigenvalue weighted by Gasteiger charge is -2.12. The van der Waals surface area contributed by atoms with Crippen LogP contribution in [0.2, 0.25) is 0 Å². The van der Waals surface area contributed by atoms with Crippen molar-refractivity contribution in [2.24, 2.45) is 0 Å². The molecule has 0 saturated heterocycles. The Hall–Kier alpha value is -3.22. The Morgan fingerprint density at radius 2 is 1.64 bits per heavy atom. The SMILES string of the molecule is Cc1ccnc(Nc2ncnc(Nc3ccncc3)c2N)c1. The van der Waals surface area contributed by atoms with E-state index in [9.17, 15) is 0 Å². The molecule has 3 heterocycles. The highest BCUT2D eigenvalue weighted by atomic mass is 15.1. The van der Waals surface area contributed by atoms with E-state index in [1.165, 1.54) is 6.33 Å².